The van der Waals surface area contributed by atoms with E-state index in [0.29, 0.717) is 11.8 Å². The molecule has 0 amide bonds. The van der Waals surface area contributed by atoms with Crippen LogP contribution in [0.1, 0.15) is 50.7 Å². The van der Waals surface area contributed by atoms with Crippen LogP contribution in [0.25, 0.3) is 10.8 Å². The second-order valence-electron chi connectivity index (χ2n) is 5.04. The Morgan fingerprint density at radius 1 is 0.938 bits per heavy atom. The lowest BCUT2D eigenvalue weighted by Gasteiger charge is -2.14. The molecule has 0 saturated carbocycles. The van der Waals surface area contributed by atoms with Gasteiger partial charge in [-0.05, 0) is 39.8 Å². The normalized spacial score (nSPS) is 11.6. The molecular formula is C16H19. The van der Waals surface area contributed by atoms with E-state index < -0.39 is 0 Å². The predicted molar refractivity (Wildman–Crippen MR) is 71.0 cm³/mol. The van der Waals surface area contributed by atoms with Crippen LogP contribution in [0.5, 0.6) is 0 Å². The fraction of sp³-hybridized carbons (Fsp3) is 0.375. The predicted octanol–water partition coefficient (Wildman–Crippen LogP) is 4.89. The largest absolute Gasteiger partial charge is 0.0616 e. The lowest BCUT2D eigenvalue weighted by Crippen LogP contribution is -1.95. The van der Waals surface area contributed by atoms with Gasteiger partial charge in [0.05, 0.1) is 0 Å². The van der Waals surface area contributed by atoms with Crippen LogP contribution in [-0.4, -0.2) is 0 Å². The van der Waals surface area contributed by atoms with Crippen molar-refractivity contribution in [3.63, 3.8) is 0 Å². The van der Waals surface area contributed by atoms with Crippen molar-refractivity contribution in [1.29, 1.82) is 0 Å². The highest BCUT2D eigenvalue weighted by atomic mass is 14.1. The van der Waals surface area contributed by atoms with Crippen molar-refractivity contribution >= 4 is 10.8 Å². The maximum atomic E-state index is 3.59. The molecular weight excluding hydrogens is 192 g/mol. The standard InChI is InChI=1S/C16H19/c1-11(2)14-9-13-7-5-6-8-15(13)16(10-14)12(3)4/h5-9,11-12H,1-4H3. The highest BCUT2D eigenvalue weighted by molar-refractivity contribution is 5.86. The molecule has 0 spiro atoms. The van der Waals surface area contributed by atoms with Gasteiger partial charge >= 0.3 is 0 Å². The van der Waals surface area contributed by atoms with E-state index >= 15 is 0 Å². The second-order valence-corrected chi connectivity index (χ2v) is 5.04. The Bertz CT molecular complexity index is 492. The molecule has 0 N–H and O–H groups in total. The summed E-state index contributed by atoms with van der Waals surface area (Å²) in [6.45, 7) is 8.93. The van der Waals surface area contributed by atoms with Gasteiger partial charge < -0.3 is 0 Å². The molecule has 0 heteroatoms. The molecule has 0 fully saturated rings. The van der Waals surface area contributed by atoms with Gasteiger partial charge in [0.15, 0.2) is 0 Å². The Balaban J connectivity index is 2.74. The fourth-order valence-electron chi connectivity index (χ4n) is 2.06. The third-order valence-corrected chi connectivity index (χ3v) is 3.04. The lowest BCUT2D eigenvalue weighted by molar-refractivity contribution is 0.838. The molecule has 0 bridgehead atoms. The van der Waals surface area contributed by atoms with Crippen molar-refractivity contribution in [3.05, 3.63) is 47.5 Å². The van der Waals surface area contributed by atoms with Crippen molar-refractivity contribution in [3.8, 4) is 0 Å². The SMILES string of the molecule is CC(C)c1[c]c(C(C)C)c2ccccc2c1. The molecule has 16 heavy (non-hydrogen) atoms. The summed E-state index contributed by atoms with van der Waals surface area (Å²) in [4.78, 5) is 0. The third-order valence-electron chi connectivity index (χ3n) is 3.04. The van der Waals surface area contributed by atoms with E-state index in [1.165, 1.54) is 21.9 Å². The molecule has 0 saturated heterocycles. The highest BCUT2D eigenvalue weighted by Crippen LogP contribution is 2.29. The Kier molecular flexibility index (Phi) is 3.00. The molecule has 0 aliphatic heterocycles. The van der Waals surface area contributed by atoms with E-state index in [1.54, 1.807) is 0 Å². The topological polar surface area (TPSA) is 0 Å². The number of hydrogen-bond acceptors (Lipinski definition) is 0. The number of rotatable bonds is 2. The van der Waals surface area contributed by atoms with Crippen LogP contribution in [-0.2, 0) is 0 Å². The molecule has 0 aliphatic carbocycles. The molecule has 2 rings (SSSR count). The fourth-order valence-corrected chi connectivity index (χ4v) is 2.06. The molecule has 0 unspecified atom stereocenters. The average Bonchev–Trinajstić information content (AvgIpc) is 2.27. The molecule has 2 aromatic rings. The average molecular weight is 211 g/mol. The summed E-state index contributed by atoms with van der Waals surface area (Å²) in [7, 11) is 0. The Morgan fingerprint density at radius 2 is 1.62 bits per heavy atom. The molecule has 0 atom stereocenters. The maximum absolute atomic E-state index is 3.59. The quantitative estimate of drug-likeness (QED) is 0.663. The molecule has 0 heterocycles. The van der Waals surface area contributed by atoms with E-state index in [4.69, 9.17) is 0 Å². The molecule has 2 aromatic carbocycles. The van der Waals surface area contributed by atoms with Crippen LogP contribution >= 0.6 is 0 Å². The van der Waals surface area contributed by atoms with Gasteiger partial charge in [-0.3, -0.25) is 0 Å². The monoisotopic (exact) mass is 211 g/mol. The van der Waals surface area contributed by atoms with Gasteiger partial charge in [-0.25, -0.2) is 0 Å². The minimum absolute atomic E-state index is 0.531. The van der Waals surface area contributed by atoms with Crippen LogP contribution in [0.4, 0.5) is 0 Å². The van der Waals surface area contributed by atoms with Gasteiger partial charge in [-0.2, -0.15) is 0 Å². The van der Waals surface area contributed by atoms with Crippen LogP contribution in [0.15, 0.2) is 30.3 Å². The van der Waals surface area contributed by atoms with Crippen molar-refractivity contribution in [2.75, 3.05) is 0 Å². The van der Waals surface area contributed by atoms with E-state index in [9.17, 15) is 0 Å². The molecule has 83 valence electrons. The van der Waals surface area contributed by atoms with Crippen molar-refractivity contribution in [2.45, 2.75) is 39.5 Å². The first-order valence-corrected chi connectivity index (χ1v) is 6.04. The second kappa shape index (κ2) is 4.29. The number of hydrogen-bond donors (Lipinski definition) is 0. The van der Waals surface area contributed by atoms with E-state index in [0.717, 1.165) is 0 Å². The lowest BCUT2D eigenvalue weighted by atomic mass is 9.90. The van der Waals surface area contributed by atoms with Crippen molar-refractivity contribution < 1.29 is 0 Å². The summed E-state index contributed by atoms with van der Waals surface area (Å²) < 4.78 is 0. The minimum atomic E-state index is 0.531. The third kappa shape index (κ3) is 1.97. The first-order valence-electron chi connectivity index (χ1n) is 6.04. The summed E-state index contributed by atoms with van der Waals surface area (Å²) in [5.41, 5.74) is 2.67. The zero-order chi connectivity index (χ0) is 11.7. The molecule has 0 nitrogen and oxygen atoms in total. The summed E-state index contributed by atoms with van der Waals surface area (Å²) in [6.07, 6.45) is 0. The van der Waals surface area contributed by atoms with Crippen molar-refractivity contribution in [2.24, 2.45) is 0 Å². The van der Waals surface area contributed by atoms with Gasteiger partial charge in [0.1, 0.15) is 0 Å². The summed E-state index contributed by atoms with van der Waals surface area (Å²) in [5, 5.41) is 2.69. The molecule has 1 radical (unpaired) electrons. The highest BCUT2D eigenvalue weighted by Gasteiger charge is 2.09. The van der Waals surface area contributed by atoms with Crippen LogP contribution in [0, 0.1) is 6.07 Å². The maximum Gasteiger partial charge on any atom is -0.0102 e. The van der Waals surface area contributed by atoms with Gasteiger partial charge in [0.2, 0.25) is 0 Å². The van der Waals surface area contributed by atoms with E-state index in [2.05, 4.69) is 64.1 Å². The Labute approximate surface area is 98.3 Å². The minimum Gasteiger partial charge on any atom is -0.0616 e. The van der Waals surface area contributed by atoms with Gasteiger partial charge in [0.25, 0.3) is 0 Å². The Hall–Kier alpha value is -1.30. The van der Waals surface area contributed by atoms with Crippen LogP contribution in [0.2, 0.25) is 0 Å². The van der Waals surface area contributed by atoms with Gasteiger partial charge in [0, 0.05) is 0 Å². The first kappa shape index (κ1) is 11.2. The van der Waals surface area contributed by atoms with Crippen LogP contribution < -0.4 is 0 Å². The number of benzene rings is 2. The van der Waals surface area contributed by atoms with Crippen molar-refractivity contribution in [1.82, 2.24) is 0 Å². The number of fused-ring (bicyclic) bond motifs is 1. The Morgan fingerprint density at radius 3 is 2.25 bits per heavy atom. The van der Waals surface area contributed by atoms with E-state index in [-0.39, 0.29) is 0 Å². The van der Waals surface area contributed by atoms with Crippen LogP contribution in [0.3, 0.4) is 0 Å². The zero-order valence-electron chi connectivity index (χ0n) is 10.5. The molecule has 0 aliphatic rings. The summed E-state index contributed by atoms with van der Waals surface area (Å²) in [6, 6.07) is 14.5. The smallest absolute Gasteiger partial charge is 0.0102 e. The van der Waals surface area contributed by atoms with Gasteiger partial charge in [-0.15, -0.1) is 0 Å². The first-order chi connectivity index (χ1) is 7.59. The van der Waals surface area contributed by atoms with Gasteiger partial charge in [-0.1, -0.05) is 58.0 Å². The summed E-state index contributed by atoms with van der Waals surface area (Å²) in [5.74, 6) is 1.07. The molecule has 0 aromatic heterocycles. The van der Waals surface area contributed by atoms with E-state index in [1.807, 2.05) is 0 Å². The zero-order valence-corrected chi connectivity index (χ0v) is 10.5. The summed E-state index contributed by atoms with van der Waals surface area (Å²) >= 11 is 0.